The molecule has 1 amide bonds. The Kier molecular flexibility index (Phi) is 3.95. The molecule has 2 rings (SSSR count). The van der Waals surface area contributed by atoms with E-state index in [0.717, 1.165) is 11.5 Å². The highest BCUT2D eigenvalue weighted by Crippen LogP contribution is 2.26. The first-order valence-electron chi connectivity index (χ1n) is 5.62. The third-order valence-corrected chi connectivity index (χ3v) is 3.19. The van der Waals surface area contributed by atoms with Gasteiger partial charge >= 0.3 is 0 Å². The van der Waals surface area contributed by atoms with Crippen molar-refractivity contribution in [1.82, 2.24) is 19.8 Å². The van der Waals surface area contributed by atoms with Crippen LogP contribution in [0, 0.1) is 6.92 Å². The number of nitrogen functional groups attached to an aromatic ring is 1. The Hall–Kier alpha value is -2.16. The van der Waals surface area contributed by atoms with Gasteiger partial charge in [0.2, 0.25) is 5.89 Å². The minimum absolute atomic E-state index is 0.223. The summed E-state index contributed by atoms with van der Waals surface area (Å²) in [6, 6.07) is 0. The van der Waals surface area contributed by atoms with Gasteiger partial charge in [-0.2, -0.15) is 9.36 Å². The summed E-state index contributed by atoms with van der Waals surface area (Å²) < 4.78 is 8.95. The van der Waals surface area contributed by atoms with Crippen molar-refractivity contribution in [3.8, 4) is 0 Å². The molecule has 8 nitrogen and oxygen atoms in total. The van der Waals surface area contributed by atoms with Gasteiger partial charge in [-0.1, -0.05) is 5.16 Å². The molecule has 2 aromatic heterocycles. The third kappa shape index (κ3) is 2.99. The predicted molar refractivity (Wildman–Crippen MR) is 71.1 cm³/mol. The first-order valence-corrected chi connectivity index (χ1v) is 6.39. The van der Waals surface area contributed by atoms with E-state index in [-0.39, 0.29) is 11.7 Å². The molecule has 0 aliphatic rings. The molecule has 0 fully saturated rings. The lowest BCUT2D eigenvalue weighted by Gasteiger charge is -2.04. The Bertz CT molecular complexity index is 578. The number of nitrogens with zero attached hydrogens (tertiary/aromatic N) is 3. The summed E-state index contributed by atoms with van der Waals surface area (Å²) in [5, 5.41) is 9.95. The molecule has 0 radical (unpaired) electrons. The molecule has 0 aliphatic heterocycles. The van der Waals surface area contributed by atoms with Gasteiger partial charge in [0, 0.05) is 20.0 Å². The lowest BCUT2D eigenvalue weighted by molar-refractivity contribution is 0.0965. The second kappa shape index (κ2) is 5.65. The minimum Gasteiger partial charge on any atom is -0.382 e. The number of nitrogens with two attached hydrogens (primary N) is 1. The molecule has 9 heteroatoms. The first-order chi connectivity index (χ1) is 9.11. The molecule has 102 valence electrons. The van der Waals surface area contributed by atoms with Gasteiger partial charge in [0.25, 0.3) is 5.91 Å². The number of rotatable bonds is 5. The Morgan fingerprint density at radius 2 is 2.32 bits per heavy atom. The van der Waals surface area contributed by atoms with Crippen LogP contribution in [0.2, 0.25) is 0 Å². The fourth-order valence-electron chi connectivity index (χ4n) is 1.49. The van der Waals surface area contributed by atoms with E-state index in [1.807, 2.05) is 0 Å². The van der Waals surface area contributed by atoms with E-state index in [1.165, 1.54) is 0 Å². The van der Waals surface area contributed by atoms with Gasteiger partial charge in [-0.25, -0.2) is 0 Å². The summed E-state index contributed by atoms with van der Waals surface area (Å²) in [5.74, 6) is 1.11. The highest BCUT2D eigenvalue weighted by atomic mass is 32.1. The Morgan fingerprint density at radius 3 is 2.95 bits per heavy atom. The van der Waals surface area contributed by atoms with Crippen LogP contribution in [-0.4, -0.2) is 34.0 Å². The predicted octanol–water partition coefficient (Wildman–Crippen LogP) is 0.431. The van der Waals surface area contributed by atoms with Crippen LogP contribution in [0.1, 0.15) is 22.1 Å². The summed E-state index contributed by atoms with van der Waals surface area (Å²) in [6.07, 6.45) is 0.561. The summed E-state index contributed by atoms with van der Waals surface area (Å²) in [7, 11) is 1.55. The number of aromatic nitrogens is 3. The first kappa shape index (κ1) is 13.3. The van der Waals surface area contributed by atoms with E-state index in [2.05, 4.69) is 25.1 Å². The van der Waals surface area contributed by atoms with Gasteiger partial charge in [0.05, 0.1) is 0 Å². The molecule has 4 N–H and O–H groups in total. The fraction of sp³-hybridized carbons (Fsp3) is 0.400. The molecule has 0 unspecified atom stereocenters. The van der Waals surface area contributed by atoms with E-state index in [4.69, 9.17) is 10.3 Å². The lowest BCUT2D eigenvalue weighted by Crippen LogP contribution is -2.20. The Morgan fingerprint density at radius 1 is 1.53 bits per heavy atom. The van der Waals surface area contributed by atoms with Crippen molar-refractivity contribution in [2.24, 2.45) is 0 Å². The SMILES string of the molecule is CNC(=O)c1c(N)nsc1NCCc1nc(C)no1. The number of amides is 1. The third-order valence-electron chi connectivity index (χ3n) is 2.37. The van der Waals surface area contributed by atoms with Gasteiger partial charge in [0.1, 0.15) is 10.6 Å². The van der Waals surface area contributed by atoms with E-state index < -0.39 is 0 Å². The highest BCUT2D eigenvalue weighted by Gasteiger charge is 2.17. The molecule has 0 atom stereocenters. The maximum atomic E-state index is 11.6. The van der Waals surface area contributed by atoms with Crippen LogP contribution in [0.4, 0.5) is 10.8 Å². The molecular formula is C10H14N6O2S. The van der Waals surface area contributed by atoms with Crippen molar-refractivity contribution in [3.05, 3.63) is 17.3 Å². The molecule has 0 aromatic carbocycles. The normalized spacial score (nSPS) is 10.4. The zero-order valence-corrected chi connectivity index (χ0v) is 11.4. The smallest absolute Gasteiger partial charge is 0.257 e. The Labute approximate surface area is 113 Å². The van der Waals surface area contributed by atoms with Crippen LogP contribution in [-0.2, 0) is 6.42 Å². The van der Waals surface area contributed by atoms with E-state index in [1.54, 1.807) is 14.0 Å². The second-order valence-electron chi connectivity index (χ2n) is 3.76. The number of hydrogen-bond donors (Lipinski definition) is 3. The van der Waals surface area contributed by atoms with Gasteiger partial charge in [-0.05, 0) is 18.5 Å². The molecule has 0 saturated heterocycles. The van der Waals surface area contributed by atoms with Crippen molar-refractivity contribution >= 4 is 28.3 Å². The van der Waals surface area contributed by atoms with Crippen LogP contribution >= 0.6 is 11.5 Å². The van der Waals surface area contributed by atoms with Crippen molar-refractivity contribution < 1.29 is 9.32 Å². The molecule has 2 aromatic rings. The van der Waals surface area contributed by atoms with Crippen molar-refractivity contribution in [3.63, 3.8) is 0 Å². The number of nitrogens with one attached hydrogen (secondary N) is 2. The molecule has 0 spiro atoms. The molecule has 0 bridgehead atoms. The molecule has 2 heterocycles. The largest absolute Gasteiger partial charge is 0.382 e. The number of carbonyl (C=O) groups is 1. The zero-order chi connectivity index (χ0) is 13.8. The molecule has 0 saturated carbocycles. The fourth-order valence-corrected chi connectivity index (χ4v) is 2.23. The van der Waals surface area contributed by atoms with E-state index in [9.17, 15) is 4.79 Å². The van der Waals surface area contributed by atoms with Crippen molar-refractivity contribution in [2.45, 2.75) is 13.3 Å². The molecule has 19 heavy (non-hydrogen) atoms. The number of carbonyl (C=O) groups excluding carboxylic acids is 1. The van der Waals surface area contributed by atoms with Gasteiger partial charge < -0.3 is 20.9 Å². The summed E-state index contributed by atoms with van der Waals surface area (Å²) in [4.78, 5) is 15.7. The topological polar surface area (TPSA) is 119 Å². The highest BCUT2D eigenvalue weighted by molar-refractivity contribution is 7.11. The monoisotopic (exact) mass is 282 g/mol. The van der Waals surface area contributed by atoms with Crippen LogP contribution < -0.4 is 16.4 Å². The second-order valence-corrected chi connectivity index (χ2v) is 4.54. The molecular weight excluding hydrogens is 268 g/mol. The summed E-state index contributed by atoms with van der Waals surface area (Å²) in [5.41, 5.74) is 6.03. The average molecular weight is 282 g/mol. The summed E-state index contributed by atoms with van der Waals surface area (Å²) in [6.45, 7) is 2.31. The van der Waals surface area contributed by atoms with Crippen LogP contribution in [0.15, 0.2) is 4.52 Å². The van der Waals surface area contributed by atoms with Gasteiger partial charge in [-0.3, -0.25) is 4.79 Å². The van der Waals surface area contributed by atoms with Gasteiger partial charge in [0.15, 0.2) is 11.6 Å². The number of anilines is 2. The maximum absolute atomic E-state index is 11.6. The average Bonchev–Trinajstić information content (AvgIpc) is 2.96. The maximum Gasteiger partial charge on any atom is 0.257 e. The minimum atomic E-state index is -0.262. The summed E-state index contributed by atoms with van der Waals surface area (Å²) >= 11 is 1.15. The van der Waals surface area contributed by atoms with Crippen LogP contribution in [0.25, 0.3) is 0 Å². The van der Waals surface area contributed by atoms with Crippen molar-refractivity contribution in [1.29, 1.82) is 0 Å². The number of aryl methyl sites for hydroxylation is 1. The van der Waals surface area contributed by atoms with Crippen molar-refractivity contribution in [2.75, 3.05) is 24.6 Å². The van der Waals surface area contributed by atoms with E-state index >= 15 is 0 Å². The zero-order valence-electron chi connectivity index (χ0n) is 10.6. The standard InChI is InChI=1S/C10H14N6O2S/c1-5-14-6(18-15-5)3-4-13-10-7(9(17)12-2)8(11)16-19-10/h13H,3-4H2,1-2H3,(H2,11,16)(H,12,17). The van der Waals surface area contributed by atoms with Crippen LogP contribution in [0.3, 0.4) is 0 Å². The van der Waals surface area contributed by atoms with Crippen LogP contribution in [0.5, 0.6) is 0 Å². The number of hydrogen-bond acceptors (Lipinski definition) is 8. The van der Waals surface area contributed by atoms with Gasteiger partial charge in [-0.15, -0.1) is 0 Å². The quantitative estimate of drug-likeness (QED) is 0.727. The molecule has 0 aliphatic carbocycles. The van der Waals surface area contributed by atoms with E-state index in [0.29, 0.717) is 35.2 Å². The lowest BCUT2D eigenvalue weighted by atomic mass is 10.3. The Balaban J connectivity index is 1.98.